The molecule has 23 heavy (non-hydrogen) atoms. The molecule has 1 aromatic rings. The molecule has 1 aliphatic rings. The third kappa shape index (κ3) is 4.43. The molecular weight excluding hydrogens is 322 g/mol. The van der Waals surface area contributed by atoms with Crippen LogP contribution in [0.3, 0.4) is 0 Å². The van der Waals surface area contributed by atoms with E-state index in [9.17, 15) is 13.2 Å². The van der Waals surface area contributed by atoms with E-state index in [-0.39, 0.29) is 4.90 Å². The Labute approximate surface area is 135 Å². The van der Waals surface area contributed by atoms with E-state index in [1.165, 1.54) is 19.2 Å². The molecule has 2 atom stereocenters. The zero-order chi connectivity index (χ0) is 16.9. The van der Waals surface area contributed by atoms with Crippen molar-refractivity contribution in [3.05, 3.63) is 24.3 Å². The highest BCUT2D eigenvalue weighted by Gasteiger charge is 2.36. The number of carbonyl (C=O) groups is 1. The maximum absolute atomic E-state index is 12.8. The Kier molecular flexibility index (Phi) is 5.97. The lowest BCUT2D eigenvalue weighted by atomic mass is 10.1. The van der Waals surface area contributed by atoms with Crippen molar-refractivity contribution in [1.29, 1.82) is 0 Å². The Hall–Kier alpha value is -1.64. The highest BCUT2D eigenvalue weighted by Crippen LogP contribution is 2.25. The van der Waals surface area contributed by atoms with Gasteiger partial charge in [0.05, 0.1) is 12.0 Å². The van der Waals surface area contributed by atoms with Gasteiger partial charge in [0.1, 0.15) is 12.4 Å². The number of carboxylic acid groups (broad SMARTS) is 1. The van der Waals surface area contributed by atoms with Gasteiger partial charge in [-0.25, -0.2) is 13.2 Å². The summed E-state index contributed by atoms with van der Waals surface area (Å²) < 4.78 is 35.9. The lowest BCUT2D eigenvalue weighted by Crippen LogP contribution is -2.48. The van der Waals surface area contributed by atoms with Crippen molar-refractivity contribution in [3.8, 4) is 5.75 Å². The molecule has 1 heterocycles. The molecule has 2 rings (SSSR count). The molecule has 0 radical (unpaired) electrons. The summed E-state index contributed by atoms with van der Waals surface area (Å²) in [6.07, 6.45) is 2.47. The molecule has 8 heteroatoms. The van der Waals surface area contributed by atoms with E-state index in [1.807, 2.05) is 0 Å². The van der Waals surface area contributed by atoms with Crippen molar-refractivity contribution >= 4 is 15.8 Å². The van der Waals surface area contributed by atoms with Crippen LogP contribution in [0.4, 0.5) is 0 Å². The van der Waals surface area contributed by atoms with Crippen LogP contribution in [0.15, 0.2) is 29.2 Å². The molecule has 0 aromatic heterocycles. The minimum atomic E-state index is -3.82. The average Bonchev–Trinajstić information content (AvgIpc) is 2.55. The van der Waals surface area contributed by atoms with E-state index in [2.05, 4.69) is 5.32 Å². The van der Waals surface area contributed by atoms with Gasteiger partial charge >= 0.3 is 5.97 Å². The molecule has 128 valence electrons. The maximum Gasteiger partial charge on any atom is 0.329 e. The summed E-state index contributed by atoms with van der Waals surface area (Å²) in [4.78, 5) is 10.9. The second-order valence-corrected chi connectivity index (χ2v) is 7.38. The van der Waals surface area contributed by atoms with Gasteiger partial charge in [0.25, 0.3) is 0 Å². The summed E-state index contributed by atoms with van der Waals surface area (Å²) >= 11 is 0. The summed E-state index contributed by atoms with van der Waals surface area (Å²) in [6.45, 7) is 0.0357. The van der Waals surface area contributed by atoms with Crippen molar-refractivity contribution < 1.29 is 27.8 Å². The average molecular weight is 343 g/mol. The smallest absolute Gasteiger partial charge is 0.329 e. The molecule has 1 aliphatic heterocycles. The van der Waals surface area contributed by atoms with Gasteiger partial charge in [-0.1, -0.05) is 6.42 Å². The SMILES string of the molecule is COc1ccc(S(=O)(=O)C(OCC(=O)O)C2CCCCN2)cc1. The fourth-order valence-electron chi connectivity index (χ4n) is 2.59. The van der Waals surface area contributed by atoms with Crippen LogP contribution in [-0.4, -0.2) is 51.2 Å². The third-order valence-corrected chi connectivity index (χ3v) is 5.75. The van der Waals surface area contributed by atoms with E-state index in [1.54, 1.807) is 12.1 Å². The van der Waals surface area contributed by atoms with Gasteiger partial charge in [0, 0.05) is 6.04 Å². The molecule has 0 amide bonds. The van der Waals surface area contributed by atoms with Crippen molar-refractivity contribution in [2.75, 3.05) is 20.3 Å². The van der Waals surface area contributed by atoms with E-state index >= 15 is 0 Å². The van der Waals surface area contributed by atoms with E-state index < -0.39 is 33.9 Å². The number of ether oxygens (including phenoxy) is 2. The van der Waals surface area contributed by atoms with Gasteiger partial charge in [-0.2, -0.15) is 0 Å². The van der Waals surface area contributed by atoms with Gasteiger partial charge < -0.3 is 19.9 Å². The number of nitrogens with one attached hydrogen (secondary N) is 1. The van der Waals surface area contributed by atoms with Crippen molar-refractivity contribution in [2.45, 2.75) is 35.6 Å². The van der Waals surface area contributed by atoms with E-state index in [4.69, 9.17) is 14.6 Å². The van der Waals surface area contributed by atoms with Crippen LogP contribution in [0.5, 0.6) is 5.75 Å². The normalized spacial score (nSPS) is 20.0. The Morgan fingerprint density at radius 1 is 1.35 bits per heavy atom. The molecule has 1 fully saturated rings. The summed E-state index contributed by atoms with van der Waals surface area (Å²) in [5, 5.41) is 11.9. The number of methoxy groups -OCH3 is 1. The maximum atomic E-state index is 12.8. The second-order valence-electron chi connectivity index (χ2n) is 5.35. The topological polar surface area (TPSA) is 102 Å². The van der Waals surface area contributed by atoms with Crippen LogP contribution in [0.25, 0.3) is 0 Å². The molecule has 1 saturated heterocycles. The highest BCUT2D eigenvalue weighted by atomic mass is 32.2. The van der Waals surface area contributed by atoms with Crippen molar-refractivity contribution in [3.63, 3.8) is 0 Å². The summed E-state index contributed by atoms with van der Waals surface area (Å²) in [5.74, 6) is -0.654. The molecule has 0 aliphatic carbocycles. The molecule has 0 bridgehead atoms. The number of sulfone groups is 1. The van der Waals surface area contributed by atoms with Gasteiger partial charge in [-0.15, -0.1) is 0 Å². The van der Waals surface area contributed by atoms with Gasteiger partial charge in [-0.05, 0) is 43.7 Å². The van der Waals surface area contributed by atoms with Gasteiger partial charge in [-0.3, -0.25) is 0 Å². The van der Waals surface area contributed by atoms with Crippen LogP contribution in [0.2, 0.25) is 0 Å². The second kappa shape index (κ2) is 7.76. The molecule has 7 nitrogen and oxygen atoms in total. The quantitative estimate of drug-likeness (QED) is 0.762. The Morgan fingerprint density at radius 3 is 2.57 bits per heavy atom. The largest absolute Gasteiger partial charge is 0.497 e. The molecule has 1 aromatic carbocycles. The van der Waals surface area contributed by atoms with Crippen LogP contribution < -0.4 is 10.1 Å². The van der Waals surface area contributed by atoms with E-state index in [0.717, 1.165) is 12.8 Å². The number of rotatable bonds is 7. The van der Waals surface area contributed by atoms with E-state index in [0.29, 0.717) is 18.7 Å². The monoisotopic (exact) mass is 343 g/mol. The number of aliphatic carboxylic acids is 1. The number of hydrogen-bond donors (Lipinski definition) is 2. The highest BCUT2D eigenvalue weighted by molar-refractivity contribution is 7.92. The Morgan fingerprint density at radius 2 is 2.04 bits per heavy atom. The molecule has 0 spiro atoms. The first kappa shape index (κ1) is 17.7. The predicted octanol–water partition coefficient (Wildman–Crippen LogP) is 1.04. The van der Waals surface area contributed by atoms with Crippen LogP contribution >= 0.6 is 0 Å². The first-order valence-electron chi connectivity index (χ1n) is 7.40. The number of carboxylic acids is 1. The molecule has 2 unspecified atom stereocenters. The standard InChI is InChI=1S/C15H21NO6S/c1-21-11-5-7-12(8-6-11)23(19,20)15(22-10-14(17)18)13-4-2-3-9-16-13/h5-8,13,15-16H,2-4,9-10H2,1H3,(H,17,18). The Bertz CT molecular complexity index is 622. The minimum Gasteiger partial charge on any atom is -0.497 e. The lowest BCUT2D eigenvalue weighted by molar-refractivity contribution is -0.143. The first-order valence-corrected chi connectivity index (χ1v) is 8.94. The molecule has 0 saturated carbocycles. The zero-order valence-corrected chi connectivity index (χ0v) is 13.7. The molecule has 2 N–H and O–H groups in total. The van der Waals surface area contributed by atoms with Gasteiger partial charge in [0.15, 0.2) is 5.44 Å². The number of piperidine rings is 1. The molecular formula is C15H21NO6S. The van der Waals surface area contributed by atoms with Gasteiger partial charge in [0.2, 0.25) is 9.84 Å². The van der Waals surface area contributed by atoms with Crippen molar-refractivity contribution in [1.82, 2.24) is 5.32 Å². The third-order valence-electron chi connectivity index (χ3n) is 3.74. The fraction of sp³-hybridized carbons (Fsp3) is 0.533. The Balaban J connectivity index is 2.28. The van der Waals surface area contributed by atoms with Crippen LogP contribution in [-0.2, 0) is 19.4 Å². The fourth-order valence-corrected chi connectivity index (χ4v) is 4.28. The summed E-state index contributed by atoms with van der Waals surface area (Å²) in [7, 11) is -2.33. The summed E-state index contributed by atoms with van der Waals surface area (Å²) in [5.41, 5.74) is -1.23. The van der Waals surface area contributed by atoms with Crippen LogP contribution in [0, 0.1) is 0 Å². The van der Waals surface area contributed by atoms with Crippen LogP contribution in [0.1, 0.15) is 19.3 Å². The predicted molar refractivity (Wildman–Crippen MR) is 83.2 cm³/mol. The zero-order valence-electron chi connectivity index (χ0n) is 12.9. The lowest BCUT2D eigenvalue weighted by Gasteiger charge is -2.30. The number of hydrogen-bond acceptors (Lipinski definition) is 6. The summed E-state index contributed by atoms with van der Waals surface area (Å²) in [6, 6.07) is 5.56. The first-order chi connectivity index (χ1) is 10.9. The van der Waals surface area contributed by atoms with Crippen molar-refractivity contribution in [2.24, 2.45) is 0 Å². The number of benzene rings is 1. The minimum absolute atomic E-state index is 0.0843.